The molecule has 2 heteroatoms. The van der Waals surface area contributed by atoms with Crippen molar-refractivity contribution in [3.8, 4) is 0 Å². The van der Waals surface area contributed by atoms with Gasteiger partial charge in [0.05, 0.1) is 0 Å². The van der Waals surface area contributed by atoms with Crippen LogP contribution in [0, 0.1) is 12.8 Å². The van der Waals surface area contributed by atoms with Crippen molar-refractivity contribution in [2.24, 2.45) is 5.92 Å². The van der Waals surface area contributed by atoms with Gasteiger partial charge in [-0.3, -0.25) is 0 Å². The lowest BCUT2D eigenvalue weighted by atomic mass is 9.94. The van der Waals surface area contributed by atoms with Crippen LogP contribution in [0.4, 0.5) is 0 Å². The lowest BCUT2D eigenvalue weighted by Crippen LogP contribution is -2.31. The third-order valence-corrected chi connectivity index (χ3v) is 4.56. The van der Waals surface area contributed by atoms with Crippen LogP contribution >= 0.6 is 11.8 Å². The number of hydrogen-bond donors (Lipinski definition) is 1. The van der Waals surface area contributed by atoms with Crippen LogP contribution in [0.25, 0.3) is 0 Å². The first-order valence-corrected chi connectivity index (χ1v) is 7.17. The molecule has 0 saturated carbocycles. The molecule has 1 aliphatic heterocycles. The smallest absolute Gasteiger partial charge is 0.0365 e. The van der Waals surface area contributed by atoms with Crippen molar-refractivity contribution in [2.45, 2.75) is 38.1 Å². The number of rotatable bonds is 3. The number of fused-ring (bicyclic) bond motifs is 1. The number of hydrogen-bond acceptors (Lipinski definition) is 2. The summed E-state index contributed by atoms with van der Waals surface area (Å²) in [5, 5.41) is 3.69. The minimum absolute atomic E-state index is 0.552. The summed E-state index contributed by atoms with van der Waals surface area (Å²) < 4.78 is 0. The SMILES string of the molecule is CCCNC1c2cc(C)ccc2SCC1C. The van der Waals surface area contributed by atoms with Gasteiger partial charge in [-0.2, -0.15) is 0 Å². The van der Waals surface area contributed by atoms with Crippen LogP contribution in [0.3, 0.4) is 0 Å². The zero-order valence-corrected chi connectivity index (χ0v) is 11.2. The Morgan fingerprint density at radius 2 is 2.25 bits per heavy atom. The summed E-state index contributed by atoms with van der Waals surface area (Å²) in [7, 11) is 0. The number of benzene rings is 1. The van der Waals surface area contributed by atoms with E-state index in [1.54, 1.807) is 0 Å². The molecule has 0 aromatic heterocycles. The highest BCUT2D eigenvalue weighted by Gasteiger charge is 2.26. The Labute approximate surface area is 103 Å². The molecule has 0 saturated heterocycles. The van der Waals surface area contributed by atoms with Gasteiger partial charge in [-0.25, -0.2) is 0 Å². The maximum Gasteiger partial charge on any atom is 0.0365 e. The summed E-state index contributed by atoms with van der Waals surface area (Å²) in [6, 6.07) is 7.40. The molecule has 0 aliphatic carbocycles. The van der Waals surface area contributed by atoms with Crippen molar-refractivity contribution >= 4 is 11.8 Å². The molecule has 0 radical (unpaired) electrons. The predicted molar refractivity (Wildman–Crippen MR) is 72.1 cm³/mol. The van der Waals surface area contributed by atoms with Crippen molar-refractivity contribution in [1.82, 2.24) is 5.32 Å². The average Bonchev–Trinajstić information content (AvgIpc) is 2.28. The Morgan fingerprint density at radius 1 is 1.44 bits per heavy atom. The van der Waals surface area contributed by atoms with Crippen LogP contribution in [-0.2, 0) is 0 Å². The Morgan fingerprint density at radius 3 is 3.00 bits per heavy atom. The van der Waals surface area contributed by atoms with Gasteiger partial charge in [-0.1, -0.05) is 31.5 Å². The minimum atomic E-state index is 0.552. The molecule has 1 aromatic rings. The third kappa shape index (κ3) is 2.44. The van der Waals surface area contributed by atoms with E-state index >= 15 is 0 Å². The van der Waals surface area contributed by atoms with Crippen molar-refractivity contribution in [2.75, 3.05) is 12.3 Å². The fourth-order valence-corrected chi connectivity index (χ4v) is 3.43. The Kier molecular flexibility index (Phi) is 3.93. The van der Waals surface area contributed by atoms with Crippen LogP contribution in [0.15, 0.2) is 23.1 Å². The fourth-order valence-electron chi connectivity index (χ4n) is 2.28. The molecule has 16 heavy (non-hydrogen) atoms. The van der Waals surface area contributed by atoms with E-state index in [1.165, 1.54) is 28.2 Å². The molecule has 1 nitrogen and oxygen atoms in total. The van der Waals surface area contributed by atoms with E-state index in [0.29, 0.717) is 6.04 Å². The number of nitrogens with one attached hydrogen (secondary N) is 1. The highest BCUT2D eigenvalue weighted by atomic mass is 32.2. The van der Waals surface area contributed by atoms with E-state index < -0.39 is 0 Å². The molecule has 0 spiro atoms. The normalized spacial score (nSPS) is 24.2. The Balaban J connectivity index is 2.27. The molecule has 0 fully saturated rings. The molecular formula is C14H21NS. The van der Waals surface area contributed by atoms with Crippen molar-refractivity contribution in [3.05, 3.63) is 29.3 Å². The second kappa shape index (κ2) is 5.24. The second-order valence-corrected chi connectivity index (χ2v) is 5.82. The molecule has 1 aliphatic rings. The maximum absolute atomic E-state index is 3.69. The van der Waals surface area contributed by atoms with Gasteiger partial charge in [0.1, 0.15) is 0 Å². The lowest BCUT2D eigenvalue weighted by molar-refractivity contribution is 0.407. The second-order valence-electron chi connectivity index (χ2n) is 4.76. The summed E-state index contributed by atoms with van der Waals surface area (Å²) >= 11 is 2.00. The highest BCUT2D eigenvalue weighted by Crippen LogP contribution is 2.39. The van der Waals surface area contributed by atoms with Gasteiger partial charge < -0.3 is 5.32 Å². The van der Waals surface area contributed by atoms with Crippen molar-refractivity contribution in [1.29, 1.82) is 0 Å². The maximum atomic E-state index is 3.69. The molecule has 1 aromatic carbocycles. The summed E-state index contributed by atoms with van der Waals surface area (Å²) in [6.45, 7) is 7.88. The van der Waals surface area contributed by atoms with E-state index in [0.717, 1.165) is 12.5 Å². The summed E-state index contributed by atoms with van der Waals surface area (Å²) in [5.41, 5.74) is 2.88. The van der Waals surface area contributed by atoms with Gasteiger partial charge in [0.2, 0.25) is 0 Å². The van der Waals surface area contributed by atoms with E-state index in [9.17, 15) is 0 Å². The van der Waals surface area contributed by atoms with Gasteiger partial charge in [-0.15, -0.1) is 11.8 Å². The summed E-state index contributed by atoms with van der Waals surface area (Å²) in [6.07, 6.45) is 1.21. The fraction of sp³-hybridized carbons (Fsp3) is 0.571. The molecule has 1 N–H and O–H groups in total. The van der Waals surface area contributed by atoms with Crippen LogP contribution in [0.1, 0.15) is 37.4 Å². The molecule has 2 unspecified atom stereocenters. The van der Waals surface area contributed by atoms with E-state index in [1.807, 2.05) is 11.8 Å². The standard InChI is InChI=1S/C14H21NS/c1-4-7-15-14-11(3)9-16-13-6-5-10(2)8-12(13)14/h5-6,8,11,14-15H,4,7,9H2,1-3H3. The molecular weight excluding hydrogens is 214 g/mol. The van der Waals surface area contributed by atoms with Gasteiger partial charge in [0.15, 0.2) is 0 Å². The first-order valence-electron chi connectivity index (χ1n) is 6.19. The van der Waals surface area contributed by atoms with Crippen LogP contribution in [0.5, 0.6) is 0 Å². The largest absolute Gasteiger partial charge is 0.310 e. The molecule has 2 atom stereocenters. The van der Waals surface area contributed by atoms with Crippen LogP contribution in [0.2, 0.25) is 0 Å². The lowest BCUT2D eigenvalue weighted by Gasteiger charge is -2.32. The topological polar surface area (TPSA) is 12.0 Å². The van der Waals surface area contributed by atoms with E-state index in [2.05, 4.69) is 44.3 Å². The molecule has 0 bridgehead atoms. The number of thioether (sulfide) groups is 1. The van der Waals surface area contributed by atoms with Crippen LogP contribution < -0.4 is 5.32 Å². The predicted octanol–water partition coefficient (Wildman–Crippen LogP) is 3.78. The number of aryl methyl sites for hydroxylation is 1. The summed E-state index contributed by atoms with van der Waals surface area (Å²) in [4.78, 5) is 1.47. The van der Waals surface area contributed by atoms with Gasteiger partial charge >= 0.3 is 0 Å². The van der Waals surface area contributed by atoms with Crippen molar-refractivity contribution in [3.63, 3.8) is 0 Å². The third-order valence-electron chi connectivity index (χ3n) is 3.19. The average molecular weight is 235 g/mol. The summed E-state index contributed by atoms with van der Waals surface area (Å²) in [5.74, 6) is 1.96. The minimum Gasteiger partial charge on any atom is -0.310 e. The Bertz CT molecular complexity index is 362. The van der Waals surface area contributed by atoms with E-state index in [4.69, 9.17) is 0 Å². The van der Waals surface area contributed by atoms with Gasteiger partial charge in [-0.05, 0) is 37.4 Å². The van der Waals surface area contributed by atoms with Gasteiger partial charge in [0, 0.05) is 16.7 Å². The zero-order valence-electron chi connectivity index (χ0n) is 10.4. The first kappa shape index (κ1) is 12.0. The quantitative estimate of drug-likeness (QED) is 0.855. The monoisotopic (exact) mass is 235 g/mol. The van der Waals surface area contributed by atoms with Crippen molar-refractivity contribution < 1.29 is 0 Å². The molecule has 88 valence electrons. The molecule has 2 rings (SSSR count). The highest BCUT2D eigenvalue weighted by molar-refractivity contribution is 7.99. The first-order chi connectivity index (χ1) is 7.72. The Hall–Kier alpha value is -0.470. The molecule has 0 amide bonds. The van der Waals surface area contributed by atoms with Crippen LogP contribution in [-0.4, -0.2) is 12.3 Å². The van der Waals surface area contributed by atoms with E-state index in [-0.39, 0.29) is 0 Å². The van der Waals surface area contributed by atoms with Gasteiger partial charge in [0.25, 0.3) is 0 Å². The molecule has 1 heterocycles. The zero-order chi connectivity index (χ0) is 11.5.